The van der Waals surface area contributed by atoms with Gasteiger partial charge in [-0.15, -0.1) is 0 Å². The van der Waals surface area contributed by atoms with E-state index < -0.39 is 0 Å². The van der Waals surface area contributed by atoms with Crippen molar-refractivity contribution < 1.29 is 14.6 Å². The van der Waals surface area contributed by atoms with E-state index in [0.29, 0.717) is 0 Å². The zero-order valence-electron chi connectivity index (χ0n) is 11.7. The molecule has 0 aliphatic heterocycles. The Hall–Kier alpha value is -1.26. The fourth-order valence-electron chi connectivity index (χ4n) is 2.62. The van der Waals surface area contributed by atoms with Crippen LogP contribution in [0.2, 0.25) is 0 Å². The van der Waals surface area contributed by atoms with E-state index in [4.69, 9.17) is 9.47 Å². The van der Waals surface area contributed by atoms with Gasteiger partial charge >= 0.3 is 0 Å². The highest BCUT2D eigenvalue weighted by atomic mass is 16.5. The lowest BCUT2D eigenvalue weighted by Gasteiger charge is -2.16. The van der Waals surface area contributed by atoms with Crippen LogP contribution in [0.25, 0.3) is 0 Å². The van der Waals surface area contributed by atoms with Gasteiger partial charge in [0.2, 0.25) is 0 Å². The maximum atomic E-state index is 9.74. The van der Waals surface area contributed by atoms with Crippen LogP contribution in [0.3, 0.4) is 0 Å². The topological polar surface area (TPSA) is 50.7 Å². The molecule has 0 spiro atoms. The largest absolute Gasteiger partial charge is 0.493 e. The summed E-state index contributed by atoms with van der Waals surface area (Å²) in [6.07, 6.45) is 3.87. The first-order chi connectivity index (χ1) is 9.24. The van der Waals surface area contributed by atoms with E-state index in [9.17, 15) is 5.11 Å². The van der Waals surface area contributed by atoms with Crippen molar-refractivity contribution in [2.75, 3.05) is 20.8 Å². The zero-order valence-corrected chi connectivity index (χ0v) is 11.7. The van der Waals surface area contributed by atoms with Gasteiger partial charge in [-0.05, 0) is 49.9 Å². The van der Waals surface area contributed by atoms with Crippen LogP contribution in [0.5, 0.6) is 11.5 Å². The van der Waals surface area contributed by atoms with Crippen molar-refractivity contribution in [2.45, 2.75) is 37.8 Å². The van der Waals surface area contributed by atoms with Crippen LogP contribution in [0.4, 0.5) is 0 Å². The monoisotopic (exact) mass is 265 g/mol. The number of methoxy groups -OCH3 is 2. The molecule has 0 unspecified atom stereocenters. The minimum Gasteiger partial charge on any atom is -0.493 e. The van der Waals surface area contributed by atoms with Gasteiger partial charge in [0.1, 0.15) is 0 Å². The van der Waals surface area contributed by atoms with Crippen molar-refractivity contribution >= 4 is 0 Å². The number of rotatable bonds is 6. The normalized spacial score (nSPS) is 22.5. The predicted octanol–water partition coefficient (Wildman–Crippen LogP) is 1.75. The Morgan fingerprint density at radius 1 is 1.21 bits per heavy atom. The summed E-state index contributed by atoms with van der Waals surface area (Å²) in [7, 11) is 3.29. The van der Waals surface area contributed by atoms with Gasteiger partial charge in [-0.3, -0.25) is 0 Å². The summed E-state index contributed by atoms with van der Waals surface area (Å²) in [4.78, 5) is 0. The highest BCUT2D eigenvalue weighted by Crippen LogP contribution is 2.27. The van der Waals surface area contributed by atoms with Crippen LogP contribution >= 0.6 is 0 Å². The van der Waals surface area contributed by atoms with Crippen molar-refractivity contribution in [2.24, 2.45) is 0 Å². The molecule has 0 aromatic heterocycles. The lowest BCUT2D eigenvalue weighted by Crippen LogP contribution is -2.36. The molecule has 0 saturated heterocycles. The Kier molecular flexibility index (Phi) is 5.05. The number of benzene rings is 1. The van der Waals surface area contributed by atoms with E-state index in [0.717, 1.165) is 43.7 Å². The number of aliphatic hydroxyl groups is 1. The highest BCUT2D eigenvalue weighted by Gasteiger charge is 2.24. The van der Waals surface area contributed by atoms with Crippen LogP contribution in [-0.2, 0) is 6.42 Å². The number of nitrogens with one attached hydrogen (secondary N) is 1. The average Bonchev–Trinajstić information content (AvgIpc) is 2.84. The van der Waals surface area contributed by atoms with Crippen LogP contribution in [-0.4, -0.2) is 38.0 Å². The van der Waals surface area contributed by atoms with E-state index >= 15 is 0 Å². The van der Waals surface area contributed by atoms with Crippen LogP contribution in [0.1, 0.15) is 24.8 Å². The quantitative estimate of drug-likeness (QED) is 0.823. The summed E-state index contributed by atoms with van der Waals surface area (Å²) in [5.41, 5.74) is 1.21. The van der Waals surface area contributed by atoms with Gasteiger partial charge in [0.25, 0.3) is 0 Å². The molecule has 0 heterocycles. The zero-order chi connectivity index (χ0) is 13.7. The summed E-state index contributed by atoms with van der Waals surface area (Å²) in [6.45, 7) is 0.872. The first kappa shape index (κ1) is 14.2. The molecule has 2 atom stereocenters. The number of hydrogen-bond acceptors (Lipinski definition) is 4. The molecule has 1 aliphatic rings. The Labute approximate surface area is 114 Å². The molecular formula is C15H23NO3. The molecule has 1 aromatic carbocycles. The first-order valence-electron chi connectivity index (χ1n) is 6.87. The van der Waals surface area contributed by atoms with E-state index in [1.165, 1.54) is 5.56 Å². The number of aliphatic hydroxyl groups excluding tert-OH is 1. The second kappa shape index (κ2) is 6.78. The van der Waals surface area contributed by atoms with E-state index in [2.05, 4.69) is 5.32 Å². The standard InChI is InChI=1S/C15H23NO3/c1-18-14-7-6-11(10-15(14)19-2)8-9-16-12-4-3-5-13(12)17/h6-7,10,12-13,16-17H,3-5,8-9H2,1-2H3/t12-,13-/m0/s1. The molecule has 4 nitrogen and oxygen atoms in total. The molecular weight excluding hydrogens is 242 g/mol. The molecule has 1 aliphatic carbocycles. The van der Waals surface area contributed by atoms with Gasteiger partial charge in [-0.2, -0.15) is 0 Å². The number of hydrogen-bond donors (Lipinski definition) is 2. The molecule has 1 saturated carbocycles. The Morgan fingerprint density at radius 3 is 2.63 bits per heavy atom. The van der Waals surface area contributed by atoms with Gasteiger partial charge in [0.05, 0.1) is 20.3 Å². The lowest BCUT2D eigenvalue weighted by atomic mass is 10.1. The molecule has 106 valence electrons. The lowest BCUT2D eigenvalue weighted by molar-refractivity contribution is 0.149. The molecule has 2 N–H and O–H groups in total. The minimum absolute atomic E-state index is 0.176. The Morgan fingerprint density at radius 2 is 2.00 bits per heavy atom. The third kappa shape index (κ3) is 3.61. The molecule has 1 aromatic rings. The van der Waals surface area contributed by atoms with E-state index in [1.807, 2.05) is 18.2 Å². The Balaban J connectivity index is 1.85. The van der Waals surface area contributed by atoms with Crippen molar-refractivity contribution in [3.05, 3.63) is 23.8 Å². The fraction of sp³-hybridized carbons (Fsp3) is 0.600. The van der Waals surface area contributed by atoms with Crippen LogP contribution in [0, 0.1) is 0 Å². The Bertz CT molecular complexity index is 408. The molecule has 4 heteroatoms. The van der Waals surface area contributed by atoms with Crippen molar-refractivity contribution in [3.63, 3.8) is 0 Å². The smallest absolute Gasteiger partial charge is 0.160 e. The molecule has 1 fully saturated rings. The summed E-state index contributed by atoms with van der Waals surface area (Å²) < 4.78 is 10.5. The molecule has 0 radical (unpaired) electrons. The summed E-state index contributed by atoms with van der Waals surface area (Å²) >= 11 is 0. The summed E-state index contributed by atoms with van der Waals surface area (Å²) in [5.74, 6) is 1.52. The van der Waals surface area contributed by atoms with Gasteiger partial charge in [-0.25, -0.2) is 0 Å². The van der Waals surface area contributed by atoms with Gasteiger partial charge in [-0.1, -0.05) is 6.07 Å². The molecule has 0 bridgehead atoms. The van der Waals surface area contributed by atoms with Crippen molar-refractivity contribution in [1.29, 1.82) is 0 Å². The minimum atomic E-state index is -0.176. The van der Waals surface area contributed by atoms with E-state index in [1.54, 1.807) is 14.2 Å². The second-order valence-electron chi connectivity index (χ2n) is 5.00. The van der Waals surface area contributed by atoms with Gasteiger partial charge in [0, 0.05) is 6.04 Å². The molecule has 2 rings (SSSR count). The van der Waals surface area contributed by atoms with Crippen molar-refractivity contribution in [3.8, 4) is 11.5 Å². The van der Waals surface area contributed by atoms with Crippen LogP contribution in [0.15, 0.2) is 18.2 Å². The van der Waals surface area contributed by atoms with Gasteiger partial charge in [0.15, 0.2) is 11.5 Å². The van der Waals surface area contributed by atoms with Crippen LogP contribution < -0.4 is 14.8 Å². The molecule has 0 amide bonds. The first-order valence-corrected chi connectivity index (χ1v) is 6.87. The third-order valence-electron chi connectivity index (χ3n) is 3.75. The second-order valence-corrected chi connectivity index (χ2v) is 5.00. The predicted molar refractivity (Wildman–Crippen MR) is 74.9 cm³/mol. The molecule has 19 heavy (non-hydrogen) atoms. The number of ether oxygens (including phenoxy) is 2. The average molecular weight is 265 g/mol. The van der Waals surface area contributed by atoms with E-state index in [-0.39, 0.29) is 12.1 Å². The van der Waals surface area contributed by atoms with Gasteiger partial charge < -0.3 is 19.9 Å². The maximum Gasteiger partial charge on any atom is 0.160 e. The highest BCUT2D eigenvalue weighted by molar-refractivity contribution is 5.42. The third-order valence-corrected chi connectivity index (χ3v) is 3.75. The summed E-state index contributed by atoms with van der Waals surface area (Å²) in [6, 6.07) is 6.25. The SMILES string of the molecule is COc1ccc(CCN[C@H]2CCC[C@@H]2O)cc1OC. The van der Waals surface area contributed by atoms with Crippen molar-refractivity contribution in [1.82, 2.24) is 5.32 Å². The fourth-order valence-corrected chi connectivity index (χ4v) is 2.62. The maximum absolute atomic E-state index is 9.74. The summed E-state index contributed by atoms with van der Waals surface area (Å²) in [5, 5.41) is 13.2.